The van der Waals surface area contributed by atoms with Crippen LogP contribution in [0.2, 0.25) is 0 Å². The lowest BCUT2D eigenvalue weighted by molar-refractivity contribution is -0.140. The highest BCUT2D eigenvalue weighted by Gasteiger charge is 2.23. The van der Waals surface area contributed by atoms with Crippen LogP contribution in [0.15, 0.2) is 77.6 Å². The van der Waals surface area contributed by atoms with Crippen molar-refractivity contribution in [2.75, 3.05) is 6.61 Å². The molecule has 0 radical (unpaired) electrons. The van der Waals surface area contributed by atoms with Crippen molar-refractivity contribution in [3.8, 4) is 28.7 Å². The van der Waals surface area contributed by atoms with E-state index in [-0.39, 0.29) is 25.5 Å². The van der Waals surface area contributed by atoms with Crippen molar-refractivity contribution in [2.45, 2.75) is 32.7 Å². The molecule has 0 aliphatic heterocycles. The Morgan fingerprint density at radius 1 is 1.02 bits per heavy atom. The normalized spacial score (nSPS) is 11.6. The number of nitrogens with one attached hydrogen (secondary N) is 1. The first kappa shape index (κ1) is 28.2. The molecule has 1 atom stereocenters. The maximum absolute atomic E-state index is 11.5. The van der Waals surface area contributed by atoms with E-state index in [9.17, 15) is 20.3 Å². The van der Waals surface area contributed by atoms with Gasteiger partial charge in [0.05, 0.1) is 6.61 Å². The van der Waals surface area contributed by atoms with Gasteiger partial charge in [-0.1, -0.05) is 48.5 Å². The number of carboxylic acid groups (broad SMARTS) is 1. The molecular weight excluding hydrogens is 538 g/mol. The first-order valence-corrected chi connectivity index (χ1v) is 13.1. The second-order valence-corrected chi connectivity index (χ2v) is 9.46. The summed E-state index contributed by atoms with van der Waals surface area (Å²) in [5, 5.41) is 38.9. The van der Waals surface area contributed by atoms with Gasteiger partial charge in [-0.2, -0.15) is 5.26 Å². The number of aliphatic hydroxyl groups excluding tert-OH is 1. The first-order chi connectivity index (χ1) is 20.5. The Bertz CT molecular complexity index is 1750. The minimum absolute atomic E-state index is 0.0180. The highest BCUT2D eigenvalue weighted by molar-refractivity contribution is 5.86. The van der Waals surface area contributed by atoms with E-state index in [0.717, 1.165) is 22.3 Å². The average molecular weight is 566 g/mol. The molecule has 0 aliphatic carbocycles. The van der Waals surface area contributed by atoms with E-state index in [2.05, 4.69) is 38.8 Å². The lowest BCUT2D eigenvalue weighted by atomic mass is 9.97. The molecule has 0 spiro atoms. The summed E-state index contributed by atoms with van der Waals surface area (Å²) in [5.41, 5.74) is 6.32. The van der Waals surface area contributed by atoms with Crippen LogP contribution in [0.5, 0.6) is 11.5 Å². The Kier molecular flexibility index (Phi) is 8.67. The molecule has 0 aliphatic rings. The van der Waals surface area contributed by atoms with Crippen molar-refractivity contribution in [3.63, 3.8) is 0 Å². The number of ether oxygens (including phenoxy) is 2. The van der Waals surface area contributed by atoms with E-state index in [0.29, 0.717) is 33.7 Å². The van der Waals surface area contributed by atoms with E-state index < -0.39 is 18.6 Å². The van der Waals surface area contributed by atoms with Crippen molar-refractivity contribution in [3.05, 3.63) is 101 Å². The van der Waals surface area contributed by atoms with Crippen molar-refractivity contribution in [2.24, 2.45) is 0 Å². The molecule has 42 heavy (non-hydrogen) atoms. The summed E-state index contributed by atoms with van der Waals surface area (Å²) in [5.74, 6) is -0.505. The number of hydrogen-bond acceptors (Lipinski definition) is 10. The standard InChI is InChI=1S/C31H27N5O6/c1-19-22(8-5-9-24(19)21-6-3-2-4-7-21)18-41-28-13-27(40-17-20-10-11-33-23(12-20)14-32)25(29-30(28)36-42-35-29)15-34-26(16-37)31(38)39/h2-13,26,34,37H,15-18H2,1H3,(H,38,39). The summed E-state index contributed by atoms with van der Waals surface area (Å²) in [7, 11) is 0. The number of aliphatic carboxylic acids is 1. The molecule has 11 nitrogen and oxygen atoms in total. The van der Waals surface area contributed by atoms with Gasteiger partial charge in [-0.05, 0) is 57.2 Å². The van der Waals surface area contributed by atoms with Gasteiger partial charge in [-0.3, -0.25) is 10.1 Å². The number of aromatic nitrogens is 3. The maximum Gasteiger partial charge on any atom is 0.323 e. The Hall–Kier alpha value is -5.31. The van der Waals surface area contributed by atoms with Gasteiger partial charge in [0.1, 0.15) is 42.3 Å². The van der Waals surface area contributed by atoms with Crippen LogP contribution in [0.25, 0.3) is 22.2 Å². The van der Waals surface area contributed by atoms with Gasteiger partial charge in [-0.25, -0.2) is 9.61 Å². The zero-order valence-electron chi connectivity index (χ0n) is 22.7. The van der Waals surface area contributed by atoms with E-state index in [1.165, 1.54) is 6.20 Å². The predicted molar refractivity (Wildman–Crippen MR) is 151 cm³/mol. The van der Waals surface area contributed by atoms with Gasteiger partial charge >= 0.3 is 5.97 Å². The molecule has 3 N–H and O–H groups in total. The average Bonchev–Trinajstić information content (AvgIpc) is 3.51. The molecule has 0 amide bonds. The third-order valence-electron chi connectivity index (χ3n) is 6.82. The third-order valence-corrected chi connectivity index (χ3v) is 6.82. The number of benzene rings is 3. The van der Waals surface area contributed by atoms with Crippen LogP contribution in [0, 0.1) is 18.3 Å². The summed E-state index contributed by atoms with van der Waals surface area (Å²) >= 11 is 0. The number of hydrogen-bond donors (Lipinski definition) is 3. The highest BCUT2D eigenvalue weighted by atomic mass is 16.6. The molecule has 0 bridgehead atoms. The Morgan fingerprint density at radius 3 is 2.57 bits per heavy atom. The third kappa shape index (κ3) is 6.20. The summed E-state index contributed by atoms with van der Waals surface area (Å²) in [6.45, 7) is 1.73. The predicted octanol–water partition coefficient (Wildman–Crippen LogP) is 4.16. The fraction of sp³-hybridized carbons (Fsp3) is 0.194. The zero-order chi connectivity index (χ0) is 29.5. The molecule has 2 heterocycles. The van der Waals surface area contributed by atoms with Crippen molar-refractivity contribution in [1.82, 2.24) is 20.6 Å². The quantitative estimate of drug-likeness (QED) is 0.199. The second-order valence-electron chi connectivity index (χ2n) is 9.46. The fourth-order valence-electron chi connectivity index (χ4n) is 4.52. The lowest BCUT2D eigenvalue weighted by Crippen LogP contribution is -2.39. The molecule has 0 fully saturated rings. The number of aliphatic hydroxyl groups is 1. The molecule has 11 heteroatoms. The monoisotopic (exact) mass is 565 g/mol. The van der Waals surface area contributed by atoms with Gasteiger partial charge in [0.25, 0.3) is 0 Å². The molecule has 1 unspecified atom stereocenters. The Balaban J connectivity index is 1.47. The number of carbonyl (C=O) groups is 1. The van der Waals surface area contributed by atoms with E-state index >= 15 is 0 Å². The van der Waals surface area contributed by atoms with Crippen molar-refractivity contribution < 1.29 is 29.1 Å². The van der Waals surface area contributed by atoms with Crippen LogP contribution < -0.4 is 14.8 Å². The number of nitriles is 1. The van der Waals surface area contributed by atoms with Crippen LogP contribution in [0.1, 0.15) is 27.9 Å². The number of pyridine rings is 1. The molecule has 0 saturated carbocycles. The van der Waals surface area contributed by atoms with Crippen LogP contribution in [0.4, 0.5) is 0 Å². The van der Waals surface area contributed by atoms with Crippen molar-refractivity contribution >= 4 is 17.0 Å². The second kappa shape index (κ2) is 12.9. The van der Waals surface area contributed by atoms with Gasteiger partial charge in [0.15, 0.2) is 11.3 Å². The smallest absolute Gasteiger partial charge is 0.323 e. The minimum Gasteiger partial charge on any atom is -0.488 e. The topological polar surface area (TPSA) is 164 Å². The van der Waals surface area contributed by atoms with E-state index in [4.69, 9.17) is 14.1 Å². The van der Waals surface area contributed by atoms with Crippen LogP contribution in [0.3, 0.4) is 0 Å². The Labute approximate surface area is 240 Å². The van der Waals surface area contributed by atoms with Gasteiger partial charge in [0, 0.05) is 24.4 Å². The fourth-order valence-corrected chi connectivity index (χ4v) is 4.52. The Morgan fingerprint density at radius 2 is 1.81 bits per heavy atom. The highest BCUT2D eigenvalue weighted by Crippen LogP contribution is 2.36. The number of carboxylic acids is 1. The SMILES string of the molecule is Cc1c(COc2cc(OCc3ccnc(C#N)c3)c(CNC(CO)C(=O)O)c3nonc23)cccc1-c1ccccc1. The number of fused-ring (bicyclic) bond motifs is 1. The van der Waals surface area contributed by atoms with Crippen LogP contribution >= 0.6 is 0 Å². The summed E-state index contributed by atoms with van der Waals surface area (Å²) in [6.07, 6.45) is 1.52. The minimum atomic E-state index is -1.21. The molecular formula is C31H27N5O6. The zero-order valence-corrected chi connectivity index (χ0v) is 22.7. The summed E-state index contributed by atoms with van der Waals surface area (Å²) in [6, 6.07) is 21.9. The molecule has 3 aromatic carbocycles. The molecule has 2 aromatic heterocycles. The van der Waals surface area contributed by atoms with E-state index in [1.807, 2.05) is 43.3 Å². The summed E-state index contributed by atoms with van der Waals surface area (Å²) < 4.78 is 17.5. The van der Waals surface area contributed by atoms with Crippen LogP contribution in [-0.2, 0) is 24.6 Å². The van der Waals surface area contributed by atoms with Gasteiger partial charge in [-0.15, -0.1) is 0 Å². The van der Waals surface area contributed by atoms with Crippen LogP contribution in [-0.4, -0.2) is 44.1 Å². The molecule has 5 aromatic rings. The number of rotatable bonds is 12. The lowest BCUT2D eigenvalue weighted by Gasteiger charge is -2.17. The molecule has 0 saturated heterocycles. The van der Waals surface area contributed by atoms with Gasteiger partial charge in [0.2, 0.25) is 0 Å². The molecule has 5 rings (SSSR count). The number of nitrogens with zero attached hydrogens (tertiary/aromatic N) is 4. The summed E-state index contributed by atoms with van der Waals surface area (Å²) in [4.78, 5) is 15.5. The van der Waals surface area contributed by atoms with E-state index in [1.54, 1.807) is 18.2 Å². The molecule has 212 valence electrons. The largest absolute Gasteiger partial charge is 0.488 e. The van der Waals surface area contributed by atoms with Gasteiger partial charge < -0.3 is 19.7 Å². The van der Waals surface area contributed by atoms with Crippen molar-refractivity contribution in [1.29, 1.82) is 5.26 Å². The maximum atomic E-state index is 11.5. The first-order valence-electron chi connectivity index (χ1n) is 13.1.